The van der Waals surface area contributed by atoms with Crippen LogP contribution in [0.4, 0.5) is 5.69 Å². The largest absolute Gasteiger partial charge is 0.489 e. The molecule has 1 N–H and O–H groups in total. The van der Waals surface area contributed by atoms with Crippen LogP contribution < -0.4 is 15.0 Å². The molecular weight excluding hydrogens is 538 g/mol. The molecule has 2 fully saturated rings. The molecule has 6 rings (SSSR count). The van der Waals surface area contributed by atoms with Gasteiger partial charge >= 0.3 is 0 Å². The molecule has 2 atom stereocenters. The van der Waals surface area contributed by atoms with Crippen LogP contribution in [-0.4, -0.2) is 82.9 Å². The standard InChI is InChI=1S/C26H29N7O6S/c34-24-5-1-2-11-33(24)19-6-8-20(9-7-19)40(36,37)32-15-21-23(16-32)39-17-18-14-31(30-29-18)12-13-38-22-4-3-10-27-25(22)26(35)28-21/h3-4,6-10,14,21,23H,1-2,5,11-13,15-17H2,(H,28,35)/t21-,23-/m0/s1. The van der Waals surface area contributed by atoms with Crippen LogP contribution in [0.5, 0.6) is 5.75 Å². The van der Waals surface area contributed by atoms with Gasteiger partial charge in [-0.2, -0.15) is 4.31 Å². The highest BCUT2D eigenvalue weighted by Crippen LogP contribution is 2.27. The molecule has 40 heavy (non-hydrogen) atoms. The van der Waals surface area contributed by atoms with Crippen molar-refractivity contribution in [3.8, 4) is 5.75 Å². The number of hydrogen-bond donors (Lipinski definition) is 1. The molecule has 0 radical (unpaired) electrons. The number of benzene rings is 1. The van der Waals surface area contributed by atoms with Crippen LogP contribution >= 0.6 is 0 Å². The lowest BCUT2D eigenvalue weighted by molar-refractivity contribution is -0.119. The topological polar surface area (TPSA) is 149 Å². The second-order valence-corrected chi connectivity index (χ2v) is 11.9. The van der Waals surface area contributed by atoms with E-state index in [9.17, 15) is 18.0 Å². The summed E-state index contributed by atoms with van der Waals surface area (Å²) in [6.45, 7) is 1.40. The van der Waals surface area contributed by atoms with Gasteiger partial charge in [0.25, 0.3) is 5.91 Å². The average Bonchev–Trinajstić information content (AvgIpc) is 3.59. The predicted octanol–water partition coefficient (Wildman–Crippen LogP) is 0.971. The summed E-state index contributed by atoms with van der Waals surface area (Å²) in [5, 5.41) is 11.1. The zero-order valence-electron chi connectivity index (χ0n) is 21.7. The first-order valence-corrected chi connectivity index (χ1v) is 14.6. The van der Waals surface area contributed by atoms with Gasteiger partial charge in [0.15, 0.2) is 11.4 Å². The lowest BCUT2D eigenvalue weighted by Crippen LogP contribution is -2.44. The molecule has 2 amide bonds. The SMILES string of the molecule is O=C1N[C@H]2CN(S(=O)(=O)c3ccc(N4CCCCC4=O)cc3)C[C@@H]2OCc2cn(nn2)CCOc2cccnc21. The number of rotatable bonds is 3. The van der Waals surface area contributed by atoms with Gasteiger partial charge in [-0.25, -0.2) is 18.1 Å². The van der Waals surface area contributed by atoms with E-state index in [2.05, 4.69) is 20.6 Å². The molecule has 0 aliphatic carbocycles. The van der Waals surface area contributed by atoms with Crippen molar-refractivity contribution in [1.29, 1.82) is 0 Å². The number of nitrogens with zero attached hydrogens (tertiary/aromatic N) is 6. The van der Waals surface area contributed by atoms with Gasteiger partial charge in [0.05, 0.1) is 36.4 Å². The van der Waals surface area contributed by atoms with Crippen molar-refractivity contribution in [2.45, 2.75) is 49.5 Å². The van der Waals surface area contributed by atoms with Crippen molar-refractivity contribution in [1.82, 2.24) is 29.6 Å². The summed E-state index contributed by atoms with van der Waals surface area (Å²) < 4.78 is 42.1. The Labute approximate surface area is 231 Å². The normalized spacial score (nSPS) is 22.6. The van der Waals surface area contributed by atoms with Gasteiger partial charge in [-0.15, -0.1) is 5.10 Å². The molecule has 1 aromatic carbocycles. The molecule has 14 heteroatoms. The number of carbonyl (C=O) groups is 2. The van der Waals surface area contributed by atoms with E-state index in [0.29, 0.717) is 36.6 Å². The van der Waals surface area contributed by atoms with Gasteiger partial charge in [0.2, 0.25) is 15.9 Å². The lowest BCUT2D eigenvalue weighted by atomic mass is 10.1. The zero-order valence-corrected chi connectivity index (χ0v) is 22.5. The Balaban J connectivity index is 1.24. The van der Waals surface area contributed by atoms with Gasteiger partial charge in [0.1, 0.15) is 12.3 Å². The number of sulfonamides is 1. The second kappa shape index (κ2) is 10.9. The quantitative estimate of drug-likeness (QED) is 0.489. The molecular formula is C26H29N7O6S. The van der Waals surface area contributed by atoms with Crippen LogP contribution in [-0.2, 0) is 32.7 Å². The van der Waals surface area contributed by atoms with Gasteiger partial charge in [-0.3, -0.25) is 9.59 Å². The van der Waals surface area contributed by atoms with E-state index in [4.69, 9.17) is 9.47 Å². The minimum atomic E-state index is -3.92. The maximum Gasteiger partial charge on any atom is 0.274 e. The highest BCUT2D eigenvalue weighted by molar-refractivity contribution is 7.89. The Morgan fingerprint density at radius 2 is 1.88 bits per heavy atom. The molecule has 3 aromatic rings. The molecule has 0 saturated carbocycles. The summed E-state index contributed by atoms with van der Waals surface area (Å²) in [7, 11) is -3.92. The molecule has 2 aromatic heterocycles. The van der Waals surface area contributed by atoms with Gasteiger partial charge in [-0.1, -0.05) is 5.21 Å². The van der Waals surface area contributed by atoms with E-state index in [1.54, 1.807) is 40.0 Å². The van der Waals surface area contributed by atoms with Crippen molar-refractivity contribution in [3.05, 3.63) is 60.2 Å². The molecule has 2 bridgehead atoms. The number of amides is 2. The van der Waals surface area contributed by atoms with Crippen molar-refractivity contribution < 1.29 is 27.5 Å². The molecule has 0 unspecified atom stereocenters. The van der Waals surface area contributed by atoms with Gasteiger partial charge in [0, 0.05) is 37.9 Å². The fourth-order valence-electron chi connectivity index (χ4n) is 5.14. The Morgan fingerprint density at radius 1 is 1.02 bits per heavy atom. The Bertz CT molecular complexity index is 1510. The number of hydrogen-bond acceptors (Lipinski definition) is 9. The monoisotopic (exact) mass is 567 g/mol. The van der Waals surface area contributed by atoms with Gasteiger partial charge in [-0.05, 0) is 49.2 Å². The van der Waals surface area contributed by atoms with Crippen LogP contribution in [0.25, 0.3) is 0 Å². The number of nitrogens with one attached hydrogen (secondary N) is 1. The number of pyridine rings is 1. The molecule has 0 spiro atoms. The maximum absolute atomic E-state index is 13.6. The summed E-state index contributed by atoms with van der Waals surface area (Å²) >= 11 is 0. The predicted molar refractivity (Wildman–Crippen MR) is 141 cm³/mol. The Morgan fingerprint density at radius 3 is 2.70 bits per heavy atom. The van der Waals surface area contributed by atoms with Crippen molar-refractivity contribution in [2.24, 2.45) is 0 Å². The number of carbonyl (C=O) groups excluding carboxylic acids is 2. The van der Waals surface area contributed by atoms with Crippen LogP contribution in [0.1, 0.15) is 35.4 Å². The number of fused-ring (bicyclic) bond motifs is 4. The summed E-state index contributed by atoms with van der Waals surface area (Å²) in [5.74, 6) is -0.139. The van der Waals surface area contributed by atoms with Crippen molar-refractivity contribution >= 4 is 27.5 Å². The maximum atomic E-state index is 13.6. The fourth-order valence-corrected chi connectivity index (χ4v) is 6.62. The highest BCUT2D eigenvalue weighted by Gasteiger charge is 2.41. The third kappa shape index (κ3) is 5.29. The van der Waals surface area contributed by atoms with E-state index >= 15 is 0 Å². The molecule has 5 heterocycles. The van der Waals surface area contributed by atoms with Crippen LogP contribution in [0.3, 0.4) is 0 Å². The lowest BCUT2D eigenvalue weighted by Gasteiger charge is -2.27. The van der Waals surface area contributed by atoms with Crippen molar-refractivity contribution in [2.75, 3.05) is 31.1 Å². The summed E-state index contributed by atoms with van der Waals surface area (Å²) in [5.41, 5.74) is 1.35. The highest BCUT2D eigenvalue weighted by atomic mass is 32.2. The first kappa shape index (κ1) is 26.3. The molecule has 3 aliphatic rings. The molecule has 13 nitrogen and oxygen atoms in total. The third-order valence-corrected chi connectivity index (χ3v) is 9.10. The van der Waals surface area contributed by atoms with Crippen LogP contribution in [0, 0.1) is 0 Å². The minimum absolute atomic E-state index is 0.000810. The number of ether oxygens (including phenoxy) is 2. The number of aromatic nitrogens is 4. The summed E-state index contributed by atoms with van der Waals surface area (Å²) in [6, 6.07) is 9.02. The van der Waals surface area contributed by atoms with Crippen LogP contribution in [0.15, 0.2) is 53.7 Å². The molecule has 2 saturated heterocycles. The van der Waals surface area contributed by atoms with E-state index in [1.807, 2.05) is 0 Å². The van der Waals surface area contributed by atoms with E-state index in [0.717, 1.165) is 12.8 Å². The van der Waals surface area contributed by atoms with Crippen LogP contribution in [0.2, 0.25) is 0 Å². The Kier molecular flexibility index (Phi) is 7.21. The fraction of sp³-hybridized carbons (Fsp3) is 0.423. The number of anilines is 1. The second-order valence-electron chi connectivity index (χ2n) is 9.92. The van der Waals surface area contributed by atoms with Crippen molar-refractivity contribution in [3.63, 3.8) is 0 Å². The number of piperidine rings is 1. The molecule has 3 aliphatic heterocycles. The van der Waals surface area contributed by atoms with E-state index < -0.39 is 28.1 Å². The third-order valence-electron chi connectivity index (χ3n) is 7.25. The first-order valence-electron chi connectivity index (χ1n) is 13.2. The van der Waals surface area contributed by atoms with E-state index in [-0.39, 0.29) is 42.8 Å². The van der Waals surface area contributed by atoms with E-state index in [1.165, 1.54) is 22.6 Å². The smallest absolute Gasteiger partial charge is 0.274 e. The summed E-state index contributed by atoms with van der Waals surface area (Å²) in [4.78, 5) is 31.5. The zero-order chi connectivity index (χ0) is 27.7. The minimum Gasteiger partial charge on any atom is -0.489 e. The molecule has 210 valence electrons. The Hall–Kier alpha value is -3.88. The average molecular weight is 568 g/mol. The summed E-state index contributed by atoms with van der Waals surface area (Å²) in [6.07, 6.45) is 4.86. The first-order chi connectivity index (χ1) is 19.4. The van der Waals surface area contributed by atoms with Gasteiger partial charge < -0.3 is 19.7 Å².